The smallest absolute Gasteiger partial charge is 0.338 e. The number of carbonyl (C=O) groups excluding carboxylic acids is 1. The molecule has 0 fully saturated rings. The van der Waals surface area contributed by atoms with Gasteiger partial charge in [0.25, 0.3) is 0 Å². The predicted molar refractivity (Wildman–Crippen MR) is 77.5 cm³/mol. The van der Waals surface area contributed by atoms with Crippen molar-refractivity contribution in [3.05, 3.63) is 29.3 Å². The van der Waals surface area contributed by atoms with Crippen LogP contribution in [0.25, 0.3) is 0 Å². The van der Waals surface area contributed by atoms with Gasteiger partial charge in [-0.2, -0.15) is 0 Å². The molecule has 2 rings (SSSR count). The van der Waals surface area contributed by atoms with Gasteiger partial charge in [0.05, 0.1) is 24.1 Å². The molecule has 0 saturated heterocycles. The highest BCUT2D eigenvalue weighted by atomic mass is 32.2. The molecule has 1 atom stereocenters. The van der Waals surface area contributed by atoms with Gasteiger partial charge in [-0.3, -0.25) is 4.31 Å². The van der Waals surface area contributed by atoms with Crippen LogP contribution >= 0.6 is 0 Å². The normalized spacial score (nSPS) is 17.9. The molecule has 0 amide bonds. The monoisotopic (exact) mass is 297 g/mol. The van der Waals surface area contributed by atoms with Crippen LogP contribution in [-0.2, 0) is 21.2 Å². The third-order valence-corrected chi connectivity index (χ3v) is 4.53. The Balaban J connectivity index is 2.31. The number of esters is 1. The maximum absolute atomic E-state index is 11.8. The van der Waals surface area contributed by atoms with Crippen molar-refractivity contribution in [2.24, 2.45) is 0 Å². The van der Waals surface area contributed by atoms with Gasteiger partial charge in [-0.15, -0.1) is 0 Å². The second kappa shape index (κ2) is 5.44. The van der Waals surface area contributed by atoms with E-state index >= 15 is 0 Å². The first-order valence-corrected chi connectivity index (χ1v) is 8.49. The zero-order chi connectivity index (χ0) is 14.9. The molecule has 0 aliphatic carbocycles. The highest BCUT2D eigenvalue weighted by Gasteiger charge is 2.32. The summed E-state index contributed by atoms with van der Waals surface area (Å²) in [7, 11) is -3.30. The number of rotatable bonds is 4. The first kappa shape index (κ1) is 14.8. The fraction of sp³-hybridized carbons (Fsp3) is 0.500. The van der Waals surface area contributed by atoms with Gasteiger partial charge in [-0.05, 0) is 43.5 Å². The van der Waals surface area contributed by atoms with Crippen LogP contribution in [0.3, 0.4) is 0 Å². The Bertz CT molecular complexity index is 624. The fourth-order valence-electron chi connectivity index (χ4n) is 2.51. The Morgan fingerprint density at radius 3 is 2.75 bits per heavy atom. The van der Waals surface area contributed by atoms with Crippen LogP contribution in [0.5, 0.6) is 0 Å². The Morgan fingerprint density at radius 1 is 1.45 bits per heavy atom. The summed E-state index contributed by atoms with van der Waals surface area (Å²) in [6.07, 6.45) is 2.58. The van der Waals surface area contributed by atoms with Crippen LogP contribution in [-0.4, -0.2) is 33.3 Å². The zero-order valence-electron chi connectivity index (χ0n) is 11.9. The molecule has 0 aromatic heterocycles. The van der Waals surface area contributed by atoms with Crippen molar-refractivity contribution in [3.63, 3.8) is 0 Å². The molecule has 0 N–H and O–H groups in total. The third-order valence-electron chi connectivity index (χ3n) is 3.26. The lowest BCUT2D eigenvalue weighted by molar-refractivity contribution is 0.0505. The topological polar surface area (TPSA) is 63.7 Å². The lowest BCUT2D eigenvalue weighted by Gasteiger charge is -2.21. The van der Waals surface area contributed by atoms with Crippen molar-refractivity contribution in [1.29, 1.82) is 0 Å². The number of carbonyl (C=O) groups is 1. The molecule has 6 heteroatoms. The van der Waals surface area contributed by atoms with E-state index in [0.29, 0.717) is 24.3 Å². The lowest BCUT2D eigenvalue weighted by Crippen LogP contribution is -2.34. The predicted octanol–water partition coefficient (Wildman–Crippen LogP) is 1.96. The number of hydrogen-bond donors (Lipinski definition) is 0. The van der Waals surface area contributed by atoms with Crippen molar-refractivity contribution in [2.45, 2.75) is 32.7 Å². The molecular weight excluding hydrogens is 278 g/mol. The number of anilines is 1. The third kappa shape index (κ3) is 2.80. The van der Waals surface area contributed by atoms with Crippen molar-refractivity contribution in [3.8, 4) is 0 Å². The molecule has 0 spiro atoms. The number of fused-ring (bicyclic) bond motifs is 1. The molecule has 0 bridgehead atoms. The van der Waals surface area contributed by atoms with E-state index in [1.165, 1.54) is 10.6 Å². The van der Waals surface area contributed by atoms with Crippen molar-refractivity contribution >= 4 is 21.7 Å². The van der Waals surface area contributed by atoms with E-state index in [2.05, 4.69) is 0 Å². The molecule has 1 aliphatic rings. The SMILES string of the molecule is CCCOC(=O)c1ccc2c(c1)CC(C)N2S(C)(=O)=O. The summed E-state index contributed by atoms with van der Waals surface area (Å²) in [6.45, 7) is 4.18. The summed E-state index contributed by atoms with van der Waals surface area (Å²) in [5.74, 6) is -0.361. The molecule has 5 nitrogen and oxygen atoms in total. The number of hydrogen-bond acceptors (Lipinski definition) is 4. The first-order chi connectivity index (χ1) is 9.34. The average molecular weight is 297 g/mol. The minimum absolute atomic E-state index is 0.123. The summed E-state index contributed by atoms with van der Waals surface area (Å²) >= 11 is 0. The van der Waals surface area contributed by atoms with Gasteiger partial charge in [0.1, 0.15) is 0 Å². The van der Waals surface area contributed by atoms with Crippen LogP contribution in [0.2, 0.25) is 0 Å². The highest BCUT2D eigenvalue weighted by Crippen LogP contribution is 2.34. The van der Waals surface area contributed by atoms with Gasteiger partial charge >= 0.3 is 5.97 Å². The number of ether oxygens (including phenoxy) is 1. The first-order valence-electron chi connectivity index (χ1n) is 6.64. The summed E-state index contributed by atoms with van der Waals surface area (Å²) < 4.78 is 30.1. The van der Waals surface area contributed by atoms with Gasteiger partial charge in [0, 0.05) is 6.04 Å². The maximum Gasteiger partial charge on any atom is 0.338 e. The fourth-order valence-corrected chi connectivity index (χ4v) is 3.78. The summed E-state index contributed by atoms with van der Waals surface area (Å²) in [4.78, 5) is 11.8. The van der Waals surface area contributed by atoms with Crippen LogP contribution in [0.4, 0.5) is 5.69 Å². The molecule has 1 aromatic carbocycles. The van der Waals surface area contributed by atoms with E-state index in [4.69, 9.17) is 4.74 Å². The number of sulfonamides is 1. The summed E-state index contributed by atoms with van der Waals surface area (Å²) in [6, 6.07) is 4.91. The molecule has 1 aliphatic heterocycles. The van der Waals surface area contributed by atoms with E-state index in [-0.39, 0.29) is 12.0 Å². The molecule has 0 saturated carbocycles. The standard InChI is InChI=1S/C14H19NO4S/c1-4-7-19-14(16)11-5-6-13-12(9-11)8-10(2)15(13)20(3,17)18/h5-6,9-10H,4,7-8H2,1-3H3. The van der Waals surface area contributed by atoms with E-state index in [9.17, 15) is 13.2 Å². The van der Waals surface area contributed by atoms with Crippen molar-refractivity contribution in [2.75, 3.05) is 17.2 Å². The summed E-state index contributed by atoms with van der Waals surface area (Å²) in [5, 5.41) is 0. The second-order valence-corrected chi connectivity index (χ2v) is 6.95. The number of nitrogens with zero attached hydrogens (tertiary/aromatic N) is 1. The van der Waals surface area contributed by atoms with Gasteiger partial charge in [0.2, 0.25) is 10.0 Å². The zero-order valence-corrected chi connectivity index (χ0v) is 12.7. The van der Waals surface area contributed by atoms with Crippen LogP contribution in [0.1, 0.15) is 36.2 Å². The van der Waals surface area contributed by atoms with Crippen molar-refractivity contribution < 1.29 is 17.9 Å². The van der Waals surface area contributed by atoms with E-state index in [0.717, 1.165) is 12.0 Å². The largest absolute Gasteiger partial charge is 0.462 e. The maximum atomic E-state index is 11.8. The van der Waals surface area contributed by atoms with Gasteiger partial charge in [0.15, 0.2) is 0 Å². The number of benzene rings is 1. The molecule has 1 unspecified atom stereocenters. The average Bonchev–Trinajstić information content (AvgIpc) is 2.70. The van der Waals surface area contributed by atoms with E-state index < -0.39 is 10.0 Å². The van der Waals surface area contributed by atoms with Crippen LogP contribution in [0.15, 0.2) is 18.2 Å². The Labute approximate surface area is 119 Å². The van der Waals surface area contributed by atoms with Gasteiger partial charge < -0.3 is 4.74 Å². The Morgan fingerprint density at radius 2 is 2.15 bits per heavy atom. The van der Waals surface area contributed by atoms with Crippen molar-refractivity contribution in [1.82, 2.24) is 0 Å². The summed E-state index contributed by atoms with van der Waals surface area (Å²) in [5.41, 5.74) is 2.00. The Hall–Kier alpha value is -1.56. The van der Waals surface area contributed by atoms with Gasteiger partial charge in [-0.25, -0.2) is 13.2 Å². The molecule has 110 valence electrons. The van der Waals surface area contributed by atoms with E-state index in [1.807, 2.05) is 13.8 Å². The minimum Gasteiger partial charge on any atom is -0.462 e. The second-order valence-electron chi connectivity index (χ2n) is 5.09. The highest BCUT2D eigenvalue weighted by molar-refractivity contribution is 7.92. The minimum atomic E-state index is -3.30. The molecule has 20 heavy (non-hydrogen) atoms. The quantitative estimate of drug-likeness (QED) is 0.797. The molecule has 1 aromatic rings. The lowest BCUT2D eigenvalue weighted by atomic mass is 10.1. The van der Waals surface area contributed by atoms with E-state index in [1.54, 1.807) is 18.2 Å². The van der Waals surface area contributed by atoms with Crippen LogP contribution < -0.4 is 4.31 Å². The van der Waals surface area contributed by atoms with Crippen LogP contribution in [0, 0.1) is 0 Å². The van der Waals surface area contributed by atoms with Gasteiger partial charge in [-0.1, -0.05) is 6.92 Å². The molecular formula is C14H19NO4S. The molecule has 1 heterocycles. The molecule has 0 radical (unpaired) electrons. The Kier molecular flexibility index (Phi) is 4.04.